The molecule has 0 fully saturated rings. The molecular weight excluding hydrogens is 234 g/mol. The Morgan fingerprint density at radius 1 is 1.39 bits per heavy atom. The molecule has 6 heteroatoms. The van der Waals surface area contributed by atoms with E-state index in [0.717, 1.165) is 6.54 Å². The molecule has 0 aliphatic rings. The number of methoxy groups -OCH3 is 1. The quantitative estimate of drug-likeness (QED) is 0.441. The van der Waals surface area contributed by atoms with Crippen molar-refractivity contribution in [3.8, 4) is 5.75 Å². The van der Waals surface area contributed by atoms with Crippen molar-refractivity contribution in [2.75, 3.05) is 25.5 Å². The summed E-state index contributed by atoms with van der Waals surface area (Å²) in [6, 6.07) is 5.17. The van der Waals surface area contributed by atoms with Crippen molar-refractivity contribution in [1.29, 1.82) is 0 Å². The fraction of sp³-hybridized carbons (Fsp3) is 0.500. The first-order valence-electron chi connectivity index (χ1n) is 5.84. The Bertz CT molecular complexity index is 408. The molecule has 0 heterocycles. The van der Waals surface area contributed by atoms with E-state index in [1.54, 1.807) is 12.1 Å². The number of nitrogens with zero attached hydrogens (tertiary/aromatic N) is 1. The predicted molar refractivity (Wildman–Crippen MR) is 71.3 cm³/mol. The minimum Gasteiger partial charge on any atom is -0.496 e. The topological polar surface area (TPSA) is 76.4 Å². The maximum atomic E-state index is 10.9. The second kappa shape index (κ2) is 6.80. The smallest absolute Gasteiger partial charge is 0.296 e. The van der Waals surface area contributed by atoms with E-state index in [2.05, 4.69) is 24.5 Å². The summed E-state index contributed by atoms with van der Waals surface area (Å²) in [4.78, 5) is 10.5. The number of benzene rings is 1. The summed E-state index contributed by atoms with van der Waals surface area (Å²) in [6.07, 6.45) is 0. The fourth-order valence-electron chi connectivity index (χ4n) is 1.50. The van der Waals surface area contributed by atoms with E-state index in [4.69, 9.17) is 4.74 Å². The van der Waals surface area contributed by atoms with Gasteiger partial charge in [0.2, 0.25) is 0 Å². The van der Waals surface area contributed by atoms with Crippen LogP contribution in [0.4, 0.5) is 11.4 Å². The molecule has 0 bridgehead atoms. The Morgan fingerprint density at radius 3 is 2.67 bits per heavy atom. The molecular formula is C12H19N3O3. The highest BCUT2D eigenvalue weighted by atomic mass is 16.6. The van der Waals surface area contributed by atoms with E-state index in [0.29, 0.717) is 24.0 Å². The van der Waals surface area contributed by atoms with Gasteiger partial charge in [-0.3, -0.25) is 10.1 Å². The Balaban J connectivity index is 2.67. The highest BCUT2D eigenvalue weighted by Gasteiger charge is 2.14. The lowest BCUT2D eigenvalue weighted by Gasteiger charge is -2.10. The molecule has 0 amide bonds. The van der Waals surface area contributed by atoms with Gasteiger partial charge < -0.3 is 15.4 Å². The largest absolute Gasteiger partial charge is 0.496 e. The summed E-state index contributed by atoms with van der Waals surface area (Å²) >= 11 is 0. The van der Waals surface area contributed by atoms with Crippen LogP contribution in [0.25, 0.3) is 0 Å². The van der Waals surface area contributed by atoms with Crippen molar-refractivity contribution < 1.29 is 9.66 Å². The first-order chi connectivity index (χ1) is 8.54. The molecule has 1 rings (SSSR count). The van der Waals surface area contributed by atoms with Gasteiger partial charge in [0, 0.05) is 19.1 Å². The van der Waals surface area contributed by atoms with Crippen molar-refractivity contribution in [2.45, 2.75) is 19.9 Å². The number of anilines is 1. The number of rotatable bonds is 7. The lowest BCUT2D eigenvalue weighted by Crippen LogP contribution is -2.28. The molecule has 6 nitrogen and oxygen atoms in total. The third-order valence-corrected chi connectivity index (χ3v) is 2.39. The SMILES string of the molecule is COc1ccc(NCCNC(C)C)c([N+](=O)[O-])c1. The molecule has 0 unspecified atom stereocenters. The van der Waals surface area contributed by atoms with Crippen molar-refractivity contribution >= 4 is 11.4 Å². The number of nitro groups is 1. The summed E-state index contributed by atoms with van der Waals surface area (Å²) in [5.74, 6) is 0.479. The van der Waals surface area contributed by atoms with Crippen molar-refractivity contribution in [3.63, 3.8) is 0 Å². The van der Waals surface area contributed by atoms with Gasteiger partial charge in [-0.2, -0.15) is 0 Å². The van der Waals surface area contributed by atoms with Crippen LogP contribution in [0.5, 0.6) is 5.75 Å². The Morgan fingerprint density at radius 2 is 2.11 bits per heavy atom. The minimum atomic E-state index is -0.416. The van der Waals surface area contributed by atoms with Gasteiger partial charge in [-0.15, -0.1) is 0 Å². The third-order valence-electron chi connectivity index (χ3n) is 2.39. The van der Waals surface area contributed by atoms with Crippen molar-refractivity contribution in [3.05, 3.63) is 28.3 Å². The van der Waals surface area contributed by atoms with E-state index >= 15 is 0 Å². The zero-order valence-electron chi connectivity index (χ0n) is 10.9. The van der Waals surface area contributed by atoms with E-state index in [9.17, 15) is 10.1 Å². The molecule has 0 spiro atoms. The van der Waals surface area contributed by atoms with Gasteiger partial charge in [-0.1, -0.05) is 13.8 Å². The fourth-order valence-corrected chi connectivity index (χ4v) is 1.50. The maximum absolute atomic E-state index is 10.9. The summed E-state index contributed by atoms with van der Waals surface area (Å²) in [5, 5.41) is 17.2. The van der Waals surface area contributed by atoms with Crippen LogP contribution in [0.15, 0.2) is 18.2 Å². The second-order valence-electron chi connectivity index (χ2n) is 4.18. The highest BCUT2D eigenvalue weighted by Crippen LogP contribution is 2.28. The monoisotopic (exact) mass is 253 g/mol. The van der Waals surface area contributed by atoms with Gasteiger partial charge in [0.1, 0.15) is 11.4 Å². The minimum absolute atomic E-state index is 0.0268. The Kier molecular flexibility index (Phi) is 5.38. The van der Waals surface area contributed by atoms with Crippen LogP contribution < -0.4 is 15.4 Å². The zero-order valence-corrected chi connectivity index (χ0v) is 10.9. The van der Waals surface area contributed by atoms with Gasteiger partial charge in [0.25, 0.3) is 5.69 Å². The van der Waals surface area contributed by atoms with Gasteiger partial charge in [0.15, 0.2) is 0 Å². The predicted octanol–water partition coefficient (Wildman–Crippen LogP) is 2.01. The lowest BCUT2D eigenvalue weighted by molar-refractivity contribution is -0.384. The molecule has 0 saturated carbocycles. The standard InChI is InChI=1S/C12H19N3O3/c1-9(2)13-6-7-14-11-5-4-10(18-3)8-12(11)15(16)17/h4-5,8-9,13-14H,6-7H2,1-3H3. The van der Waals surface area contributed by atoms with Crippen molar-refractivity contribution in [2.24, 2.45) is 0 Å². The first kappa shape index (κ1) is 14.2. The molecule has 0 radical (unpaired) electrons. The van der Waals surface area contributed by atoms with Gasteiger partial charge in [-0.25, -0.2) is 0 Å². The average Bonchev–Trinajstić information content (AvgIpc) is 2.34. The summed E-state index contributed by atoms with van der Waals surface area (Å²) < 4.78 is 4.97. The van der Waals surface area contributed by atoms with E-state index in [1.165, 1.54) is 13.2 Å². The maximum Gasteiger partial charge on any atom is 0.296 e. The number of hydrogen-bond donors (Lipinski definition) is 2. The average molecular weight is 253 g/mol. The van der Waals surface area contributed by atoms with E-state index in [1.807, 2.05) is 0 Å². The Labute approximate surface area is 106 Å². The van der Waals surface area contributed by atoms with Crippen LogP contribution >= 0.6 is 0 Å². The van der Waals surface area contributed by atoms with Gasteiger partial charge in [0.05, 0.1) is 18.1 Å². The van der Waals surface area contributed by atoms with Gasteiger partial charge in [-0.05, 0) is 12.1 Å². The highest BCUT2D eigenvalue weighted by molar-refractivity contribution is 5.63. The molecule has 1 aromatic carbocycles. The number of ether oxygens (including phenoxy) is 1. The summed E-state index contributed by atoms with van der Waals surface area (Å²) in [7, 11) is 1.48. The van der Waals surface area contributed by atoms with E-state index < -0.39 is 4.92 Å². The van der Waals surface area contributed by atoms with Gasteiger partial charge >= 0.3 is 0 Å². The van der Waals surface area contributed by atoms with E-state index in [-0.39, 0.29) is 5.69 Å². The number of hydrogen-bond acceptors (Lipinski definition) is 5. The molecule has 0 aliphatic heterocycles. The number of nitrogens with one attached hydrogen (secondary N) is 2. The summed E-state index contributed by atoms with van der Waals surface area (Å²) in [6.45, 7) is 5.48. The van der Waals surface area contributed by atoms with Crippen LogP contribution in [0.1, 0.15) is 13.8 Å². The molecule has 100 valence electrons. The van der Waals surface area contributed by atoms with Crippen LogP contribution in [0.3, 0.4) is 0 Å². The van der Waals surface area contributed by atoms with Crippen LogP contribution in [-0.4, -0.2) is 31.2 Å². The summed E-state index contributed by atoms with van der Waals surface area (Å²) in [5.41, 5.74) is 0.533. The Hall–Kier alpha value is -1.82. The molecule has 0 saturated heterocycles. The molecule has 0 aromatic heterocycles. The van der Waals surface area contributed by atoms with Crippen molar-refractivity contribution in [1.82, 2.24) is 5.32 Å². The molecule has 1 aromatic rings. The van der Waals surface area contributed by atoms with Crippen LogP contribution in [0.2, 0.25) is 0 Å². The first-order valence-corrected chi connectivity index (χ1v) is 5.84. The molecule has 0 atom stereocenters. The van der Waals surface area contributed by atoms with Crippen LogP contribution in [-0.2, 0) is 0 Å². The zero-order chi connectivity index (χ0) is 13.5. The molecule has 0 aliphatic carbocycles. The normalized spacial score (nSPS) is 10.4. The molecule has 2 N–H and O–H groups in total. The second-order valence-corrected chi connectivity index (χ2v) is 4.18. The third kappa shape index (κ3) is 4.21. The van der Waals surface area contributed by atoms with Crippen LogP contribution in [0, 0.1) is 10.1 Å². The molecule has 18 heavy (non-hydrogen) atoms. The number of nitro benzene ring substituents is 1. The lowest BCUT2D eigenvalue weighted by atomic mass is 10.2.